The van der Waals surface area contributed by atoms with Crippen LogP contribution in [-0.4, -0.2) is 86.4 Å². The Labute approximate surface area is 180 Å². The highest BCUT2D eigenvalue weighted by Gasteiger charge is 2.24. The lowest BCUT2D eigenvalue weighted by Gasteiger charge is -2.36. The van der Waals surface area contributed by atoms with Gasteiger partial charge in [0, 0.05) is 57.3 Å². The van der Waals surface area contributed by atoms with Crippen LogP contribution in [0.2, 0.25) is 0 Å². The number of guanidine groups is 1. The molecule has 1 atom stereocenters. The summed E-state index contributed by atoms with van der Waals surface area (Å²) in [6, 6.07) is 8.36. The highest BCUT2D eigenvalue weighted by molar-refractivity contribution is 8.00. The van der Waals surface area contributed by atoms with Crippen LogP contribution in [0.15, 0.2) is 29.3 Å². The zero-order valence-electron chi connectivity index (χ0n) is 18.1. The van der Waals surface area contributed by atoms with Gasteiger partial charge in [0.2, 0.25) is 0 Å². The van der Waals surface area contributed by atoms with Crippen molar-refractivity contribution in [2.75, 3.05) is 65.3 Å². The Hall–Kier alpha value is -1.44. The minimum absolute atomic E-state index is 0.672. The standard InChI is InChI=1S/C22H36N4O2S/c1-18(2)21-17-26(10-14-29-21)22(23-3)24-16-19-5-4-6-20(15-19)28-13-9-25-7-11-27-12-8-25/h4-6,15,18,21H,7-14,16-17H2,1-3H3,(H,23,24). The van der Waals surface area contributed by atoms with Gasteiger partial charge in [0.1, 0.15) is 12.4 Å². The molecule has 2 aliphatic rings. The highest BCUT2D eigenvalue weighted by Crippen LogP contribution is 2.25. The smallest absolute Gasteiger partial charge is 0.193 e. The van der Waals surface area contributed by atoms with Gasteiger partial charge in [-0.2, -0.15) is 11.8 Å². The summed E-state index contributed by atoms with van der Waals surface area (Å²) >= 11 is 2.09. The van der Waals surface area contributed by atoms with E-state index in [1.165, 1.54) is 5.56 Å². The summed E-state index contributed by atoms with van der Waals surface area (Å²) in [6.07, 6.45) is 0. The fourth-order valence-electron chi connectivity index (χ4n) is 3.65. The van der Waals surface area contributed by atoms with E-state index in [2.05, 4.69) is 63.9 Å². The molecule has 1 aromatic carbocycles. The van der Waals surface area contributed by atoms with Crippen molar-refractivity contribution in [1.82, 2.24) is 15.1 Å². The Kier molecular flexibility index (Phi) is 8.95. The molecule has 29 heavy (non-hydrogen) atoms. The number of rotatable bonds is 7. The maximum Gasteiger partial charge on any atom is 0.193 e. The second kappa shape index (κ2) is 11.7. The second-order valence-electron chi connectivity index (χ2n) is 7.95. The van der Waals surface area contributed by atoms with Crippen LogP contribution in [0.4, 0.5) is 0 Å². The SMILES string of the molecule is CN=C(NCc1cccc(OCCN2CCOCC2)c1)N1CCSC(C(C)C)C1. The zero-order chi connectivity index (χ0) is 20.5. The number of morpholine rings is 1. The molecular weight excluding hydrogens is 384 g/mol. The summed E-state index contributed by atoms with van der Waals surface area (Å²) < 4.78 is 11.4. The maximum absolute atomic E-state index is 5.99. The van der Waals surface area contributed by atoms with Crippen LogP contribution in [0.3, 0.4) is 0 Å². The van der Waals surface area contributed by atoms with Crippen molar-refractivity contribution in [1.29, 1.82) is 0 Å². The van der Waals surface area contributed by atoms with Gasteiger partial charge in [-0.3, -0.25) is 9.89 Å². The van der Waals surface area contributed by atoms with Crippen LogP contribution in [0.1, 0.15) is 19.4 Å². The lowest BCUT2D eigenvalue weighted by molar-refractivity contribution is 0.0322. The van der Waals surface area contributed by atoms with Crippen LogP contribution in [0.5, 0.6) is 5.75 Å². The largest absolute Gasteiger partial charge is 0.492 e. The molecule has 6 nitrogen and oxygen atoms in total. The Morgan fingerprint density at radius 1 is 1.31 bits per heavy atom. The van der Waals surface area contributed by atoms with E-state index in [0.717, 1.165) is 69.9 Å². The first-order chi connectivity index (χ1) is 14.2. The minimum Gasteiger partial charge on any atom is -0.492 e. The number of hydrogen-bond donors (Lipinski definition) is 1. The van der Waals surface area contributed by atoms with E-state index in [9.17, 15) is 0 Å². The molecule has 162 valence electrons. The van der Waals surface area contributed by atoms with Crippen LogP contribution in [0, 0.1) is 5.92 Å². The van der Waals surface area contributed by atoms with Crippen molar-refractivity contribution in [3.05, 3.63) is 29.8 Å². The summed E-state index contributed by atoms with van der Waals surface area (Å²) in [5, 5.41) is 4.21. The van der Waals surface area contributed by atoms with Gasteiger partial charge in [-0.25, -0.2) is 0 Å². The predicted octanol–water partition coefficient (Wildman–Crippen LogP) is 2.55. The molecule has 2 heterocycles. The zero-order valence-corrected chi connectivity index (χ0v) is 18.9. The Bertz CT molecular complexity index is 649. The normalized spacial score (nSPS) is 21.4. The Morgan fingerprint density at radius 2 is 2.14 bits per heavy atom. The lowest BCUT2D eigenvalue weighted by Crippen LogP contribution is -2.48. The first-order valence-electron chi connectivity index (χ1n) is 10.7. The number of aliphatic imine (C=N–C) groups is 1. The Balaban J connectivity index is 1.46. The van der Waals surface area contributed by atoms with Crippen LogP contribution in [-0.2, 0) is 11.3 Å². The number of ether oxygens (including phenoxy) is 2. The van der Waals surface area contributed by atoms with Crippen molar-refractivity contribution in [3.8, 4) is 5.75 Å². The molecule has 7 heteroatoms. The van der Waals surface area contributed by atoms with E-state index in [1.54, 1.807) is 0 Å². The first kappa shape index (κ1) is 22.2. The summed E-state index contributed by atoms with van der Waals surface area (Å²) in [5.74, 6) is 3.78. The third-order valence-corrected chi connectivity index (χ3v) is 7.02. The second-order valence-corrected chi connectivity index (χ2v) is 9.30. The van der Waals surface area contributed by atoms with Crippen LogP contribution in [0.25, 0.3) is 0 Å². The average molecular weight is 421 g/mol. The van der Waals surface area contributed by atoms with E-state index < -0.39 is 0 Å². The van der Waals surface area contributed by atoms with Gasteiger partial charge < -0.3 is 19.7 Å². The van der Waals surface area contributed by atoms with Crippen molar-refractivity contribution in [3.63, 3.8) is 0 Å². The molecule has 1 N–H and O–H groups in total. The first-order valence-corrected chi connectivity index (χ1v) is 11.8. The van der Waals surface area contributed by atoms with Gasteiger partial charge in [0.05, 0.1) is 13.2 Å². The lowest BCUT2D eigenvalue weighted by atomic mass is 10.1. The van der Waals surface area contributed by atoms with Gasteiger partial charge in [0.15, 0.2) is 5.96 Å². The topological polar surface area (TPSA) is 49.3 Å². The summed E-state index contributed by atoms with van der Waals surface area (Å²) in [4.78, 5) is 9.30. The number of nitrogens with one attached hydrogen (secondary N) is 1. The van der Waals surface area contributed by atoms with Gasteiger partial charge in [0.25, 0.3) is 0 Å². The van der Waals surface area contributed by atoms with E-state index in [-0.39, 0.29) is 0 Å². The van der Waals surface area contributed by atoms with Crippen molar-refractivity contribution in [2.45, 2.75) is 25.6 Å². The molecule has 0 bridgehead atoms. The number of hydrogen-bond acceptors (Lipinski definition) is 5. The molecule has 2 fully saturated rings. The molecule has 0 aromatic heterocycles. The van der Waals surface area contributed by atoms with Gasteiger partial charge in [-0.1, -0.05) is 26.0 Å². The molecule has 1 unspecified atom stereocenters. The number of benzene rings is 1. The Morgan fingerprint density at radius 3 is 2.90 bits per heavy atom. The number of thioether (sulfide) groups is 1. The van der Waals surface area contributed by atoms with E-state index >= 15 is 0 Å². The van der Waals surface area contributed by atoms with Gasteiger partial charge in [-0.05, 0) is 23.6 Å². The number of nitrogens with zero attached hydrogens (tertiary/aromatic N) is 3. The third kappa shape index (κ3) is 7.08. The molecule has 0 spiro atoms. The molecule has 0 aliphatic carbocycles. The summed E-state index contributed by atoms with van der Waals surface area (Å²) in [7, 11) is 1.87. The molecule has 2 aliphatic heterocycles. The molecule has 0 amide bonds. The molecule has 0 saturated carbocycles. The molecule has 0 radical (unpaired) electrons. The maximum atomic E-state index is 5.99. The third-order valence-electron chi connectivity index (χ3n) is 5.48. The van der Waals surface area contributed by atoms with Crippen molar-refractivity contribution in [2.24, 2.45) is 10.9 Å². The van der Waals surface area contributed by atoms with E-state index in [1.807, 2.05) is 13.1 Å². The minimum atomic E-state index is 0.672. The van der Waals surface area contributed by atoms with E-state index in [4.69, 9.17) is 9.47 Å². The van der Waals surface area contributed by atoms with E-state index in [0.29, 0.717) is 17.8 Å². The van der Waals surface area contributed by atoms with Crippen LogP contribution >= 0.6 is 11.8 Å². The van der Waals surface area contributed by atoms with Gasteiger partial charge in [-0.15, -0.1) is 0 Å². The fraction of sp³-hybridized carbons (Fsp3) is 0.682. The summed E-state index contributed by atoms with van der Waals surface area (Å²) in [5.41, 5.74) is 1.21. The fourth-order valence-corrected chi connectivity index (χ4v) is 4.95. The predicted molar refractivity (Wildman–Crippen MR) is 122 cm³/mol. The highest BCUT2D eigenvalue weighted by atomic mass is 32.2. The average Bonchev–Trinajstić information content (AvgIpc) is 2.75. The summed E-state index contributed by atoms with van der Waals surface area (Å²) in [6.45, 7) is 12.8. The van der Waals surface area contributed by atoms with Crippen LogP contribution < -0.4 is 10.1 Å². The molecular formula is C22H36N4O2S. The van der Waals surface area contributed by atoms with Crippen molar-refractivity contribution < 1.29 is 9.47 Å². The quantitative estimate of drug-likeness (QED) is 0.540. The van der Waals surface area contributed by atoms with Crippen molar-refractivity contribution >= 4 is 17.7 Å². The molecule has 2 saturated heterocycles. The van der Waals surface area contributed by atoms with Gasteiger partial charge >= 0.3 is 0 Å². The molecule has 1 aromatic rings. The monoisotopic (exact) mass is 420 g/mol. The molecule has 3 rings (SSSR count).